The molecule has 0 aromatic rings. The van der Waals surface area contributed by atoms with Gasteiger partial charge < -0.3 is 20.3 Å². The SMILES string of the molecule is CC(C)O[O-].CC(C)O[O-].[Mg+2]. The molecule has 64 valence electrons. The van der Waals surface area contributed by atoms with Gasteiger partial charge in [-0.25, -0.2) is 0 Å². The summed E-state index contributed by atoms with van der Waals surface area (Å²) in [6.07, 6.45) is -0.343. The van der Waals surface area contributed by atoms with Crippen LogP contribution in [0, 0.1) is 0 Å². The summed E-state index contributed by atoms with van der Waals surface area (Å²) in [4.78, 5) is 7.00. The molecule has 0 radical (unpaired) electrons. The predicted molar refractivity (Wildman–Crippen MR) is 38.2 cm³/mol. The van der Waals surface area contributed by atoms with Gasteiger partial charge in [0, 0.05) is 12.2 Å². The summed E-state index contributed by atoms with van der Waals surface area (Å²) < 4.78 is 0. The van der Waals surface area contributed by atoms with Crippen LogP contribution in [0.2, 0.25) is 0 Å². The summed E-state index contributed by atoms with van der Waals surface area (Å²) in [6, 6.07) is 0. The molecule has 5 heteroatoms. The van der Waals surface area contributed by atoms with Crippen LogP contribution in [-0.4, -0.2) is 35.3 Å². The normalized spacial score (nSPS) is 8.73. The Labute approximate surface area is 83.5 Å². The molecule has 11 heavy (non-hydrogen) atoms. The molecule has 0 fully saturated rings. The van der Waals surface area contributed by atoms with E-state index in [4.69, 9.17) is 10.5 Å². The minimum atomic E-state index is -0.171. The van der Waals surface area contributed by atoms with Crippen LogP contribution in [0.25, 0.3) is 0 Å². The van der Waals surface area contributed by atoms with Crippen LogP contribution < -0.4 is 10.5 Å². The topological polar surface area (TPSA) is 64.6 Å². The van der Waals surface area contributed by atoms with Gasteiger partial charge in [-0.3, -0.25) is 0 Å². The second-order valence-corrected chi connectivity index (χ2v) is 2.29. The molecule has 0 unspecified atom stereocenters. The summed E-state index contributed by atoms with van der Waals surface area (Å²) >= 11 is 0. The quantitative estimate of drug-likeness (QED) is 0.306. The Hall–Kier alpha value is 0.606. The standard InChI is InChI=1S/2C3H8O2.Mg/c2*1-3(2)5-4;/h2*3-4H,1-2H3;/q;;+2/p-2. The Morgan fingerprint density at radius 1 is 0.818 bits per heavy atom. The van der Waals surface area contributed by atoms with Gasteiger partial charge in [0.1, 0.15) is 0 Å². The predicted octanol–water partition coefficient (Wildman–Crippen LogP) is -1.01. The Morgan fingerprint density at radius 2 is 0.909 bits per heavy atom. The van der Waals surface area contributed by atoms with E-state index >= 15 is 0 Å². The van der Waals surface area contributed by atoms with E-state index in [1.165, 1.54) is 0 Å². The van der Waals surface area contributed by atoms with Gasteiger partial charge in [0.2, 0.25) is 0 Å². The van der Waals surface area contributed by atoms with E-state index < -0.39 is 0 Å². The number of hydrogen-bond donors (Lipinski definition) is 0. The molecule has 0 saturated carbocycles. The minimum absolute atomic E-state index is 0. The molecule has 0 aliphatic heterocycles. The molecule has 0 aromatic carbocycles. The first-order valence-electron chi connectivity index (χ1n) is 3.11. The summed E-state index contributed by atoms with van der Waals surface area (Å²) in [5.74, 6) is 0. The molecule has 0 heterocycles. The summed E-state index contributed by atoms with van der Waals surface area (Å²) in [5.41, 5.74) is 0. The Bertz CT molecular complexity index is 50.5. The van der Waals surface area contributed by atoms with Crippen molar-refractivity contribution in [1.82, 2.24) is 0 Å². The van der Waals surface area contributed by atoms with Crippen molar-refractivity contribution in [2.45, 2.75) is 39.9 Å². The van der Waals surface area contributed by atoms with E-state index in [-0.39, 0.29) is 35.3 Å². The van der Waals surface area contributed by atoms with Crippen LogP contribution in [0.1, 0.15) is 27.7 Å². The molecular formula is C6H14MgO4. The molecule has 0 rings (SSSR count). The largest absolute Gasteiger partial charge is 2.00 e. The van der Waals surface area contributed by atoms with Gasteiger partial charge in [-0.1, -0.05) is 0 Å². The van der Waals surface area contributed by atoms with E-state index in [1.807, 2.05) is 0 Å². The van der Waals surface area contributed by atoms with Gasteiger partial charge in [0.25, 0.3) is 0 Å². The van der Waals surface area contributed by atoms with Crippen LogP contribution in [0.5, 0.6) is 0 Å². The average molecular weight is 174 g/mol. The van der Waals surface area contributed by atoms with Crippen LogP contribution in [0.15, 0.2) is 0 Å². The second kappa shape index (κ2) is 13.2. The molecule has 4 nitrogen and oxygen atoms in total. The van der Waals surface area contributed by atoms with Gasteiger partial charge in [-0.05, 0) is 27.7 Å². The molecule has 0 aliphatic carbocycles. The van der Waals surface area contributed by atoms with Crippen LogP contribution in [0.3, 0.4) is 0 Å². The maximum absolute atomic E-state index is 9.13. The van der Waals surface area contributed by atoms with Crippen molar-refractivity contribution in [2.75, 3.05) is 0 Å². The molecule has 0 N–H and O–H groups in total. The number of hydrogen-bond acceptors (Lipinski definition) is 4. The van der Waals surface area contributed by atoms with Crippen molar-refractivity contribution in [3.63, 3.8) is 0 Å². The fourth-order valence-electron chi connectivity index (χ4n) is 0. The first-order chi connectivity index (χ1) is 4.54. The Morgan fingerprint density at radius 3 is 0.909 bits per heavy atom. The molecule has 0 saturated heterocycles. The summed E-state index contributed by atoms with van der Waals surface area (Å²) in [5, 5.41) is 18.3. The van der Waals surface area contributed by atoms with Crippen LogP contribution >= 0.6 is 0 Å². The summed E-state index contributed by atoms with van der Waals surface area (Å²) in [7, 11) is 0. The third-order valence-corrected chi connectivity index (χ3v) is 0.385. The van der Waals surface area contributed by atoms with Crippen molar-refractivity contribution in [3.8, 4) is 0 Å². The molecule has 0 bridgehead atoms. The van der Waals surface area contributed by atoms with Gasteiger partial charge in [0.15, 0.2) is 0 Å². The average Bonchev–Trinajstić information content (AvgIpc) is 1.89. The molecule has 0 aliphatic rings. The van der Waals surface area contributed by atoms with Gasteiger partial charge in [-0.2, -0.15) is 0 Å². The minimum Gasteiger partial charge on any atom is -0.723 e. The molecule has 0 atom stereocenters. The smallest absolute Gasteiger partial charge is 0.723 e. The fourth-order valence-corrected chi connectivity index (χ4v) is 0. The van der Waals surface area contributed by atoms with Crippen molar-refractivity contribution < 1.29 is 20.3 Å². The molecule has 0 aromatic heterocycles. The van der Waals surface area contributed by atoms with E-state index in [2.05, 4.69) is 9.78 Å². The zero-order valence-electron chi connectivity index (χ0n) is 7.49. The van der Waals surface area contributed by atoms with Crippen LogP contribution in [0.4, 0.5) is 0 Å². The summed E-state index contributed by atoms with van der Waals surface area (Å²) in [6.45, 7) is 6.75. The zero-order valence-corrected chi connectivity index (χ0v) is 8.91. The van der Waals surface area contributed by atoms with E-state index in [0.29, 0.717) is 0 Å². The molecule has 0 amide bonds. The zero-order chi connectivity index (χ0) is 8.57. The fraction of sp³-hybridized carbons (Fsp3) is 1.00. The van der Waals surface area contributed by atoms with Crippen LogP contribution in [-0.2, 0) is 9.78 Å². The van der Waals surface area contributed by atoms with Crippen molar-refractivity contribution >= 4 is 23.1 Å². The van der Waals surface area contributed by atoms with Crippen molar-refractivity contribution in [2.24, 2.45) is 0 Å². The third kappa shape index (κ3) is 37.0. The Kier molecular flexibility index (Phi) is 21.2. The van der Waals surface area contributed by atoms with Crippen molar-refractivity contribution in [3.05, 3.63) is 0 Å². The maximum atomic E-state index is 9.13. The van der Waals surface area contributed by atoms with E-state index in [0.717, 1.165) is 0 Å². The van der Waals surface area contributed by atoms with Gasteiger partial charge in [-0.15, -0.1) is 0 Å². The van der Waals surface area contributed by atoms with Crippen molar-refractivity contribution in [1.29, 1.82) is 0 Å². The second-order valence-electron chi connectivity index (χ2n) is 2.29. The Balaban J connectivity index is -0.000000107. The van der Waals surface area contributed by atoms with Gasteiger partial charge in [0.05, 0.1) is 0 Å². The first kappa shape index (κ1) is 17.6. The van der Waals surface area contributed by atoms with E-state index in [1.54, 1.807) is 27.7 Å². The first-order valence-corrected chi connectivity index (χ1v) is 3.11. The third-order valence-electron chi connectivity index (χ3n) is 0.385. The maximum Gasteiger partial charge on any atom is 2.00 e. The van der Waals surface area contributed by atoms with E-state index in [9.17, 15) is 0 Å². The number of rotatable bonds is 2. The molecule has 0 spiro atoms. The molecular weight excluding hydrogens is 160 g/mol. The van der Waals surface area contributed by atoms with Gasteiger partial charge >= 0.3 is 23.1 Å². The monoisotopic (exact) mass is 174 g/mol.